The van der Waals surface area contributed by atoms with Gasteiger partial charge in [-0.3, -0.25) is 19.8 Å². The molecule has 1 aliphatic heterocycles. The van der Waals surface area contributed by atoms with E-state index < -0.39 is 11.8 Å². The summed E-state index contributed by atoms with van der Waals surface area (Å²) in [6.07, 6.45) is 1.56. The lowest BCUT2D eigenvalue weighted by Gasteiger charge is -2.28. The first-order valence-corrected chi connectivity index (χ1v) is 8.75. The van der Waals surface area contributed by atoms with Gasteiger partial charge in [0, 0.05) is 8.59 Å². The number of anilines is 1. The summed E-state index contributed by atoms with van der Waals surface area (Å²) >= 11 is 13.2. The van der Waals surface area contributed by atoms with Crippen LogP contribution in [-0.4, -0.2) is 16.9 Å². The number of amides is 2. The molecule has 4 nitrogen and oxygen atoms in total. The number of hydrogen-bond acceptors (Lipinski definition) is 3. The maximum atomic E-state index is 12.8. The third-order valence-electron chi connectivity index (χ3n) is 3.35. The second-order valence-electron chi connectivity index (χ2n) is 4.99. The van der Waals surface area contributed by atoms with E-state index in [0.29, 0.717) is 10.7 Å². The maximum absolute atomic E-state index is 12.8. The van der Waals surface area contributed by atoms with E-state index in [0.717, 1.165) is 9.13 Å². The highest BCUT2D eigenvalue weighted by molar-refractivity contribution is 14.1. The first kappa shape index (κ1) is 17.1. The predicted octanol–water partition coefficient (Wildman–Crippen LogP) is 3.78. The largest absolute Gasteiger partial charge is 0.298 e. The molecule has 2 amide bonds. The van der Waals surface area contributed by atoms with E-state index in [-0.39, 0.29) is 10.7 Å². The number of nitrogens with zero attached hydrogens (tertiary/aromatic N) is 1. The van der Waals surface area contributed by atoms with Crippen LogP contribution in [0.4, 0.5) is 5.69 Å². The van der Waals surface area contributed by atoms with E-state index in [9.17, 15) is 9.59 Å². The molecule has 1 aliphatic rings. The summed E-state index contributed by atoms with van der Waals surface area (Å²) in [7, 11) is 0. The molecule has 0 spiro atoms. The van der Waals surface area contributed by atoms with Gasteiger partial charge in [-0.2, -0.15) is 0 Å². The van der Waals surface area contributed by atoms with Crippen molar-refractivity contribution in [3.63, 3.8) is 0 Å². The Morgan fingerprint density at radius 1 is 1.12 bits per heavy atom. The fraction of sp³-hybridized carbons (Fsp3) is 0. The van der Waals surface area contributed by atoms with Crippen molar-refractivity contribution in [2.75, 3.05) is 4.90 Å². The molecular weight excluding hydrogens is 459 g/mol. The standard InChI is InChI=1S/C17H10ClIN2O2S/c18-11-4-6-13(7-5-11)21-16(23)14(15(22)20-17(21)24)9-10-2-1-3-12(19)8-10/h1-9H,(H,20,22,24)/b14-9+. The Morgan fingerprint density at radius 3 is 2.50 bits per heavy atom. The second kappa shape index (κ2) is 7.00. The van der Waals surface area contributed by atoms with Crippen molar-refractivity contribution in [2.24, 2.45) is 0 Å². The van der Waals surface area contributed by atoms with Crippen molar-refractivity contribution >= 4 is 75.1 Å². The Bertz CT molecular complexity index is 880. The zero-order chi connectivity index (χ0) is 17.3. The van der Waals surface area contributed by atoms with E-state index in [1.807, 2.05) is 24.3 Å². The molecule has 1 saturated heterocycles. The summed E-state index contributed by atoms with van der Waals surface area (Å²) in [6, 6.07) is 14.2. The Morgan fingerprint density at radius 2 is 1.83 bits per heavy atom. The van der Waals surface area contributed by atoms with Crippen LogP contribution in [0, 0.1) is 3.57 Å². The molecule has 24 heavy (non-hydrogen) atoms. The van der Waals surface area contributed by atoms with Gasteiger partial charge in [-0.15, -0.1) is 0 Å². The highest BCUT2D eigenvalue weighted by atomic mass is 127. The molecule has 3 rings (SSSR count). The Labute approximate surface area is 162 Å². The minimum Gasteiger partial charge on any atom is -0.298 e. The molecule has 0 bridgehead atoms. The van der Waals surface area contributed by atoms with Gasteiger partial charge in [0.25, 0.3) is 11.8 Å². The second-order valence-corrected chi connectivity index (χ2v) is 7.06. The fourth-order valence-corrected chi connectivity index (χ4v) is 3.22. The van der Waals surface area contributed by atoms with Gasteiger partial charge in [-0.1, -0.05) is 23.7 Å². The van der Waals surface area contributed by atoms with Gasteiger partial charge in [-0.25, -0.2) is 0 Å². The lowest BCUT2D eigenvalue weighted by Crippen LogP contribution is -2.54. The lowest BCUT2D eigenvalue weighted by atomic mass is 10.1. The van der Waals surface area contributed by atoms with Crippen LogP contribution in [0.15, 0.2) is 54.1 Å². The van der Waals surface area contributed by atoms with Crippen LogP contribution in [0.3, 0.4) is 0 Å². The maximum Gasteiger partial charge on any atom is 0.270 e. The molecule has 0 aromatic heterocycles. The quantitative estimate of drug-likeness (QED) is 0.316. The number of carbonyl (C=O) groups is 2. The Hall–Kier alpha value is -1.77. The molecule has 0 radical (unpaired) electrons. The van der Waals surface area contributed by atoms with Crippen molar-refractivity contribution in [3.8, 4) is 0 Å². The fourth-order valence-electron chi connectivity index (χ4n) is 2.25. The van der Waals surface area contributed by atoms with Crippen LogP contribution >= 0.6 is 46.4 Å². The summed E-state index contributed by atoms with van der Waals surface area (Å²) in [5.41, 5.74) is 1.34. The first-order chi connectivity index (χ1) is 11.5. The van der Waals surface area contributed by atoms with E-state index in [1.54, 1.807) is 30.3 Å². The molecule has 0 aliphatic carbocycles. The van der Waals surface area contributed by atoms with Gasteiger partial charge in [0.05, 0.1) is 5.69 Å². The average molecular weight is 469 g/mol. The van der Waals surface area contributed by atoms with Crippen molar-refractivity contribution < 1.29 is 9.59 Å². The molecule has 0 unspecified atom stereocenters. The van der Waals surface area contributed by atoms with Crippen LogP contribution in [0.5, 0.6) is 0 Å². The molecule has 0 saturated carbocycles. The van der Waals surface area contributed by atoms with Crippen LogP contribution < -0.4 is 10.2 Å². The van der Waals surface area contributed by atoms with Crippen LogP contribution in [-0.2, 0) is 9.59 Å². The first-order valence-electron chi connectivity index (χ1n) is 6.88. The molecule has 7 heteroatoms. The molecule has 1 fully saturated rings. The van der Waals surface area contributed by atoms with E-state index in [2.05, 4.69) is 27.9 Å². The zero-order valence-corrected chi connectivity index (χ0v) is 15.9. The number of hydrogen-bond donors (Lipinski definition) is 1. The summed E-state index contributed by atoms with van der Waals surface area (Å²) < 4.78 is 1.01. The number of carbonyl (C=O) groups excluding carboxylic acids is 2. The summed E-state index contributed by atoms with van der Waals surface area (Å²) in [6.45, 7) is 0. The van der Waals surface area contributed by atoms with E-state index in [1.165, 1.54) is 4.90 Å². The minimum absolute atomic E-state index is 0.0283. The van der Waals surface area contributed by atoms with Gasteiger partial charge >= 0.3 is 0 Å². The van der Waals surface area contributed by atoms with Crippen LogP contribution in [0.1, 0.15) is 5.56 Å². The normalized spacial score (nSPS) is 16.5. The van der Waals surface area contributed by atoms with Crippen molar-refractivity contribution in [2.45, 2.75) is 0 Å². The molecule has 0 atom stereocenters. The number of nitrogens with one attached hydrogen (secondary N) is 1. The predicted molar refractivity (Wildman–Crippen MR) is 107 cm³/mol. The lowest BCUT2D eigenvalue weighted by molar-refractivity contribution is -0.122. The highest BCUT2D eigenvalue weighted by Crippen LogP contribution is 2.23. The molecular formula is C17H10ClIN2O2S. The molecule has 1 N–H and O–H groups in total. The molecule has 120 valence electrons. The number of halogens is 2. The van der Waals surface area contributed by atoms with Crippen molar-refractivity contribution in [1.29, 1.82) is 0 Å². The minimum atomic E-state index is -0.505. The molecule has 1 heterocycles. The molecule has 2 aromatic carbocycles. The SMILES string of the molecule is O=C1NC(=S)N(c2ccc(Cl)cc2)C(=O)/C1=C/c1cccc(I)c1. The summed E-state index contributed by atoms with van der Waals surface area (Å²) in [5.74, 6) is -0.973. The Balaban J connectivity index is 2.01. The van der Waals surface area contributed by atoms with E-state index >= 15 is 0 Å². The van der Waals surface area contributed by atoms with Crippen molar-refractivity contribution in [1.82, 2.24) is 5.32 Å². The van der Waals surface area contributed by atoms with E-state index in [4.69, 9.17) is 23.8 Å². The summed E-state index contributed by atoms with van der Waals surface area (Å²) in [4.78, 5) is 26.3. The average Bonchev–Trinajstić information content (AvgIpc) is 2.53. The molecule has 2 aromatic rings. The van der Waals surface area contributed by atoms with Crippen LogP contribution in [0.2, 0.25) is 5.02 Å². The zero-order valence-electron chi connectivity index (χ0n) is 12.1. The highest BCUT2D eigenvalue weighted by Gasteiger charge is 2.34. The van der Waals surface area contributed by atoms with Gasteiger partial charge in [-0.05, 0) is 82.8 Å². The van der Waals surface area contributed by atoms with Gasteiger partial charge < -0.3 is 0 Å². The third kappa shape index (κ3) is 3.50. The monoisotopic (exact) mass is 468 g/mol. The van der Waals surface area contributed by atoms with Crippen LogP contribution in [0.25, 0.3) is 6.08 Å². The number of benzene rings is 2. The Kier molecular flexibility index (Phi) is 4.98. The van der Waals surface area contributed by atoms with Gasteiger partial charge in [0.15, 0.2) is 5.11 Å². The number of rotatable bonds is 2. The topological polar surface area (TPSA) is 49.4 Å². The van der Waals surface area contributed by atoms with Crippen molar-refractivity contribution in [3.05, 3.63) is 68.3 Å². The van der Waals surface area contributed by atoms with Gasteiger partial charge in [0.1, 0.15) is 5.57 Å². The third-order valence-corrected chi connectivity index (χ3v) is 4.55. The number of thiocarbonyl (C=S) groups is 1. The van der Waals surface area contributed by atoms with Gasteiger partial charge in [0.2, 0.25) is 0 Å². The smallest absolute Gasteiger partial charge is 0.270 e. The summed E-state index contributed by atoms with van der Waals surface area (Å²) in [5, 5.41) is 3.15.